The van der Waals surface area contributed by atoms with Crippen LogP contribution < -0.4 is 0 Å². The first-order valence-electron chi connectivity index (χ1n) is 4.09. The Labute approximate surface area is 73.5 Å². The highest BCUT2D eigenvalue weighted by Gasteiger charge is 1.93. The summed E-state index contributed by atoms with van der Waals surface area (Å²) in [7, 11) is 0. The van der Waals surface area contributed by atoms with E-state index < -0.39 is 0 Å². The molecule has 0 saturated carbocycles. The molecule has 1 rings (SSSR count). The molecule has 0 saturated heterocycles. The van der Waals surface area contributed by atoms with Gasteiger partial charge in [-0.05, 0) is 19.4 Å². The van der Waals surface area contributed by atoms with Crippen LogP contribution in [0.4, 0.5) is 0 Å². The SMILES string of the molecule is CC=NC(=CC)c1ccccc1. The average molecular weight is 159 g/mol. The fourth-order valence-corrected chi connectivity index (χ4v) is 1.06. The fourth-order valence-electron chi connectivity index (χ4n) is 1.06. The molecule has 0 bridgehead atoms. The van der Waals surface area contributed by atoms with Crippen molar-refractivity contribution in [2.45, 2.75) is 13.8 Å². The highest BCUT2D eigenvalue weighted by Crippen LogP contribution is 2.13. The van der Waals surface area contributed by atoms with Crippen molar-refractivity contribution < 1.29 is 0 Å². The Balaban J connectivity index is 2.97. The first kappa shape index (κ1) is 8.72. The van der Waals surface area contributed by atoms with Gasteiger partial charge in [-0.2, -0.15) is 0 Å². The minimum absolute atomic E-state index is 1.03. The van der Waals surface area contributed by atoms with Gasteiger partial charge in [0.2, 0.25) is 0 Å². The van der Waals surface area contributed by atoms with E-state index in [9.17, 15) is 0 Å². The second kappa shape index (κ2) is 4.50. The van der Waals surface area contributed by atoms with Crippen LogP contribution in [0.25, 0.3) is 5.70 Å². The van der Waals surface area contributed by atoms with Gasteiger partial charge in [-0.3, -0.25) is 4.99 Å². The molecule has 0 amide bonds. The van der Waals surface area contributed by atoms with E-state index in [1.807, 2.05) is 44.3 Å². The molecular weight excluding hydrogens is 146 g/mol. The normalized spacial score (nSPS) is 12.3. The molecule has 62 valence electrons. The van der Waals surface area contributed by atoms with Gasteiger partial charge in [-0.25, -0.2) is 0 Å². The summed E-state index contributed by atoms with van der Waals surface area (Å²) in [5.41, 5.74) is 2.19. The molecule has 0 heterocycles. The number of hydrogen-bond acceptors (Lipinski definition) is 1. The number of rotatable bonds is 2. The van der Waals surface area contributed by atoms with Gasteiger partial charge in [-0.15, -0.1) is 0 Å². The van der Waals surface area contributed by atoms with Crippen LogP contribution in [-0.2, 0) is 0 Å². The maximum Gasteiger partial charge on any atom is 0.0655 e. The molecule has 0 atom stereocenters. The topological polar surface area (TPSA) is 12.4 Å². The monoisotopic (exact) mass is 159 g/mol. The highest BCUT2D eigenvalue weighted by molar-refractivity contribution is 5.72. The van der Waals surface area contributed by atoms with Gasteiger partial charge in [-0.1, -0.05) is 36.4 Å². The third-order valence-electron chi connectivity index (χ3n) is 1.61. The van der Waals surface area contributed by atoms with E-state index in [4.69, 9.17) is 0 Å². The van der Waals surface area contributed by atoms with Crippen LogP contribution in [0.15, 0.2) is 41.4 Å². The van der Waals surface area contributed by atoms with Gasteiger partial charge in [0, 0.05) is 6.21 Å². The summed E-state index contributed by atoms with van der Waals surface area (Å²) in [6.07, 6.45) is 3.82. The lowest BCUT2D eigenvalue weighted by molar-refractivity contribution is 1.48. The van der Waals surface area contributed by atoms with Crippen molar-refractivity contribution >= 4 is 11.9 Å². The minimum Gasteiger partial charge on any atom is -0.261 e. The molecular formula is C11H13N. The van der Waals surface area contributed by atoms with Crippen molar-refractivity contribution in [3.8, 4) is 0 Å². The summed E-state index contributed by atoms with van der Waals surface area (Å²) in [6.45, 7) is 3.92. The van der Waals surface area contributed by atoms with Crippen molar-refractivity contribution in [1.29, 1.82) is 0 Å². The Morgan fingerprint density at radius 2 is 1.83 bits per heavy atom. The smallest absolute Gasteiger partial charge is 0.0655 e. The highest BCUT2D eigenvalue weighted by atomic mass is 14.7. The quantitative estimate of drug-likeness (QED) is 0.588. The summed E-state index contributed by atoms with van der Waals surface area (Å²) in [5.74, 6) is 0. The van der Waals surface area contributed by atoms with Gasteiger partial charge in [0.05, 0.1) is 5.70 Å². The summed E-state index contributed by atoms with van der Waals surface area (Å²) in [6, 6.07) is 10.2. The molecule has 1 heteroatoms. The van der Waals surface area contributed by atoms with Crippen LogP contribution in [-0.4, -0.2) is 6.21 Å². The van der Waals surface area contributed by atoms with Gasteiger partial charge < -0.3 is 0 Å². The largest absolute Gasteiger partial charge is 0.261 e. The lowest BCUT2D eigenvalue weighted by atomic mass is 10.1. The molecule has 1 aromatic rings. The second-order valence-corrected chi connectivity index (χ2v) is 2.43. The van der Waals surface area contributed by atoms with Crippen LogP contribution in [0.2, 0.25) is 0 Å². The molecule has 0 aliphatic carbocycles. The molecule has 0 aromatic heterocycles. The van der Waals surface area contributed by atoms with Gasteiger partial charge in [0.25, 0.3) is 0 Å². The van der Waals surface area contributed by atoms with Gasteiger partial charge in [0.1, 0.15) is 0 Å². The summed E-state index contributed by atoms with van der Waals surface area (Å²) in [5, 5.41) is 0. The van der Waals surface area contributed by atoms with Crippen LogP contribution in [0.5, 0.6) is 0 Å². The molecule has 0 N–H and O–H groups in total. The van der Waals surface area contributed by atoms with Crippen molar-refractivity contribution in [2.24, 2.45) is 4.99 Å². The van der Waals surface area contributed by atoms with E-state index in [0.717, 1.165) is 11.3 Å². The first-order chi connectivity index (χ1) is 5.88. The number of aliphatic imine (C=N–C) groups is 1. The molecule has 0 radical (unpaired) electrons. The van der Waals surface area contributed by atoms with E-state index in [2.05, 4.69) is 17.1 Å². The third-order valence-corrected chi connectivity index (χ3v) is 1.61. The molecule has 0 unspecified atom stereocenters. The van der Waals surface area contributed by atoms with E-state index in [1.54, 1.807) is 0 Å². The van der Waals surface area contributed by atoms with Gasteiger partial charge in [0.15, 0.2) is 0 Å². The molecule has 12 heavy (non-hydrogen) atoms. The zero-order valence-corrected chi connectivity index (χ0v) is 7.49. The van der Waals surface area contributed by atoms with E-state index in [0.29, 0.717) is 0 Å². The van der Waals surface area contributed by atoms with Crippen molar-refractivity contribution in [3.63, 3.8) is 0 Å². The number of nitrogens with zero attached hydrogens (tertiary/aromatic N) is 1. The Hall–Kier alpha value is -1.37. The average Bonchev–Trinajstić information content (AvgIpc) is 2.15. The zero-order chi connectivity index (χ0) is 8.81. The maximum atomic E-state index is 4.25. The molecule has 1 aromatic carbocycles. The number of hydrogen-bond donors (Lipinski definition) is 0. The van der Waals surface area contributed by atoms with E-state index in [-0.39, 0.29) is 0 Å². The van der Waals surface area contributed by atoms with E-state index in [1.165, 1.54) is 0 Å². The third kappa shape index (κ3) is 2.06. The Bertz CT molecular complexity index is 283. The van der Waals surface area contributed by atoms with Crippen LogP contribution in [0, 0.1) is 0 Å². The molecule has 1 nitrogen and oxygen atoms in total. The van der Waals surface area contributed by atoms with Crippen LogP contribution in [0.1, 0.15) is 19.4 Å². The lowest BCUT2D eigenvalue weighted by Gasteiger charge is -1.98. The standard InChI is InChI=1S/C11H13N/c1-3-11(12-4-2)10-8-6-5-7-9-10/h3-9H,1-2H3. The minimum atomic E-state index is 1.03. The zero-order valence-electron chi connectivity index (χ0n) is 7.49. The predicted octanol–water partition coefficient (Wildman–Crippen LogP) is 3.14. The summed E-state index contributed by atoms with van der Waals surface area (Å²) < 4.78 is 0. The van der Waals surface area contributed by atoms with Crippen molar-refractivity contribution in [3.05, 3.63) is 42.0 Å². The van der Waals surface area contributed by atoms with Crippen LogP contribution in [0.3, 0.4) is 0 Å². The maximum absolute atomic E-state index is 4.25. The lowest BCUT2D eigenvalue weighted by Crippen LogP contribution is -1.79. The number of allylic oxidation sites excluding steroid dienone is 1. The second-order valence-electron chi connectivity index (χ2n) is 2.43. The van der Waals surface area contributed by atoms with Crippen molar-refractivity contribution in [1.82, 2.24) is 0 Å². The molecule has 0 fully saturated rings. The van der Waals surface area contributed by atoms with Crippen molar-refractivity contribution in [2.75, 3.05) is 0 Å². The molecule has 0 aliphatic rings. The Kier molecular flexibility index (Phi) is 3.27. The van der Waals surface area contributed by atoms with Gasteiger partial charge >= 0.3 is 0 Å². The van der Waals surface area contributed by atoms with E-state index >= 15 is 0 Å². The van der Waals surface area contributed by atoms with Crippen LogP contribution >= 0.6 is 0 Å². The summed E-state index contributed by atoms with van der Waals surface area (Å²) >= 11 is 0. The molecule has 0 spiro atoms. The Morgan fingerprint density at radius 1 is 1.17 bits per heavy atom. The summed E-state index contributed by atoms with van der Waals surface area (Å²) in [4.78, 5) is 4.25. The number of benzene rings is 1. The predicted molar refractivity (Wildman–Crippen MR) is 54.3 cm³/mol. The fraction of sp³-hybridized carbons (Fsp3) is 0.182. The molecule has 0 aliphatic heterocycles. The Morgan fingerprint density at radius 3 is 2.33 bits per heavy atom. The first-order valence-corrected chi connectivity index (χ1v) is 4.09.